The smallest absolute Gasteiger partial charge is 0.302 e. The van der Waals surface area contributed by atoms with Crippen molar-refractivity contribution in [3.8, 4) is 0 Å². The minimum absolute atomic E-state index is 0.279. The van der Waals surface area contributed by atoms with Crippen molar-refractivity contribution in [2.24, 2.45) is 0 Å². The zero-order chi connectivity index (χ0) is 11.1. The molecule has 0 heterocycles. The molecule has 0 aliphatic heterocycles. The van der Waals surface area contributed by atoms with Gasteiger partial charge in [0, 0.05) is 13.3 Å². The van der Waals surface area contributed by atoms with Gasteiger partial charge in [-0.3, -0.25) is 4.79 Å². The SMILES string of the molecule is CC(=O)OC[C@@H](O)[C@H](O)[C@@H](O)CC=O. The van der Waals surface area contributed by atoms with Gasteiger partial charge in [-0.15, -0.1) is 0 Å². The van der Waals surface area contributed by atoms with Gasteiger partial charge in [-0.05, 0) is 0 Å². The normalized spacial score (nSPS) is 16.9. The molecule has 0 aliphatic carbocycles. The Labute approximate surface area is 81.1 Å². The van der Waals surface area contributed by atoms with Crippen LogP contribution in [0.25, 0.3) is 0 Å². The number of aliphatic hydroxyl groups is 3. The van der Waals surface area contributed by atoms with Crippen LogP contribution in [0.3, 0.4) is 0 Å². The number of aldehydes is 1. The zero-order valence-electron chi connectivity index (χ0n) is 7.79. The number of rotatable bonds is 6. The molecule has 14 heavy (non-hydrogen) atoms. The fraction of sp³-hybridized carbons (Fsp3) is 0.750. The van der Waals surface area contributed by atoms with E-state index < -0.39 is 30.9 Å². The number of carbonyl (C=O) groups excluding carboxylic acids is 2. The molecule has 0 unspecified atom stereocenters. The predicted octanol–water partition coefficient (Wildman–Crippen LogP) is -1.78. The monoisotopic (exact) mass is 206 g/mol. The largest absolute Gasteiger partial charge is 0.463 e. The molecule has 3 atom stereocenters. The highest BCUT2D eigenvalue weighted by Gasteiger charge is 2.24. The van der Waals surface area contributed by atoms with Gasteiger partial charge in [-0.2, -0.15) is 0 Å². The molecule has 0 aromatic carbocycles. The van der Waals surface area contributed by atoms with Crippen LogP contribution in [0.4, 0.5) is 0 Å². The molecule has 0 bridgehead atoms. The van der Waals surface area contributed by atoms with Gasteiger partial charge < -0.3 is 24.9 Å². The minimum Gasteiger partial charge on any atom is -0.463 e. The maximum absolute atomic E-state index is 10.3. The van der Waals surface area contributed by atoms with Crippen LogP contribution in [0.5, 0.6) is 0 Å². The topological polar surface area (TPSA) is 104 Å². The standard InChI is InChI=1S/C8H14O6/c1-5(10)14-4-7(12)8(13)6(11)2-3-9/h3,6-8,11-13H,2,4H2,1H3/t6-,7+,8+/m0/s1. The zero-order valence-corrected chi connectivity index (χ0v) is 7.79. The van der Waals surface area contributed by atoms with Gasteiger partial charge in [0.15, 0.2) is 0 Å². The Balaban J connectivity index is 3.90. The van der Waals surface area contributed by atoms with E-state index in [1.165, 1.54) is 0 Å². The summed E-state index contributed by atoms with van der Waals surface area (Å²) >= 11 is 0. The van der Waals surface area contributed by atoms with Gasteiger partial charge >= 0.3 is 5.97 Å². The predicted molar refractivity (Wildman–Crippen MR) is 45.3 cm³/mol. The summed E-state index contributed by atoms with van der Waals surface area (Å²) in [5.74, 6) is -0.596. The fourth-order valence-corrected chi connectivity index (χ4v) is 0.796. The summed E-state index contributed by atoms with van der Waals surface area (Å²) in [7, 11) is 0. The summed E-state index contributed by atoms with van der Waals surface area (Å²) in [5.41, 5.74) is 0. The highest BCUT2D eigenvalue weighted by molar-refractivity contribution is 5.65. The lowest BCUT2D eigenvalue weighted by Gasteiger charge is -2.20. The Morgan fingerprint density at radius 1 is 1.36 bits per heavy atom. The number of ether oxygens (including phenoxy) is 1. The molecule has 0 aromatic rings. The summed E-state index contributed by atoms with van der Waals surface area (Å²) in [4.78, 5) is 20.3. The van der Waals surface area contributed by atoms with E-state index in [0.717, 1.165) is 6.92 Å². The van der Waals surface area contributed by atoms with E-state index in [4.69, 9.17) is 10.2 Å². The van der Waals surface area contributed by atoms with Crippen molar-refractivity contribution >= 4 is 12.3 Å². The number of carbonyl (C=O) groups is 2. The van der Waals surface area contributed by atoms with Crippen molar-refractivity contribution in [1.82, 2.24) is 0 Å². The lowest BCUT2D eigenvalue weighted by Crippen LogP contribution is -2.40. The maximum Gasteiger partial charge on any atom is 0.302 e. The molecule has 6 heteroatoms. The average molecular weight is 206 g/mol. The van der Waals surface area contributed by atoms with Gasteiger partial charge in [-0.1, -0.05) is 0 Å². The van der Waals surface area contributed by atoms with E-state index in [1.807, 2.05) is 0 Å². The molecule has 0 saturated carbocycles. The van der Waals surface area contributed by atoms with E-state index in [-0.39, 0.29) is 6.42 Å². The van der Waals surface area contributed by atoms with Crippen molar-refractivity contribution in [3.63, 3.8) is 0 Å². The molecule has 0 saturated heterocycles. The van der Waals surface area contributed by atoms with E-state index in [0.29, 0.717) is 6.29 Å². The van der Waals surface area contributed by atoms with Crippen LogP contribution in [0.15, 0.2) is 0 Å². The Kier molecular flexibility index (Phi) is 6.02. The number of hydrogen-bond acceptors (Lipinski definition) is 6. The quantitative estimate of drug-likeness (QED) is 0.350. The lowest BCUT2D eigenvalue weighted by atomic mass is 10.1. The third-order valence-corrected chi connectivity index (χ3v) is 1.58. The first-order valence-electron chi connectivity index (χ1n) is 4.10. The second kappa shape index (κ2) is 6.47. The third-order valence-electron chi connectivity index (χ3n) is 1.58. The van der Waals surface area contributed by atoms with E-state index in [1.54, 1.807) is 0 Å². The van der Waals surface area contributed by atoms with E-state index in [9.17, 15) is 14.7 Å². The molecule has 0 rings (SSSR count). The van der Waals surface area contributed by atoms with Crippen molar-refractivity contribution in [2.75, 3.05) is 6.61 Å². The molecule has 0 aliphatic rings. The van der Waals surface area contributed by atoms with E-state index >= 15 is 0 Å². The summed E-state index contributed by atoms with van der Waals surface area (Å²) < 4.78 is 4.40. The van der Waals surface area contributed by atoms with Crippen LogP contribution < -0.4 is 0 Å². The van der Waals surface area contributed by atoms with Crippen LogP contribution in [0.2, 0.25) is 0 Å². The molecule has 3 N–H and O–H groups in total. The van der Waals surface area contributed by atoms with Crippen LogP contribution in [0.1, 0.15) is 13.3 Å². The third kappa shape index (κ3) is 4.90. The first-order chi connectivity index (χ1) is 6.49. The Morgan fingerprint density at radius 3 is 2.36 bits per heavy atom. The molecule has 6 nitrogen and oxygen atoms in total. The molecule has 0 radical (unpaired) electrons. The highest BCUT2D eigenvalue weighted by Crippen LogP contribution is 2.03. The summed E-state index contributed by atoms with van der Waals surface area (Å²) in [6, 6.07) is 0. The molecule has 0 aromatic heterocycles. The fourth-order valence-electron chi connectivity index (χ4n) is 0.796. The average Bonchev–Trinajstić information content (AvgIpc) is 2.13. The maximum atomic E-state index is 10.3. The van der Waals surface area contributed by atoms with Gasteiger partial charge in [0.05, 0.1) is 6.10 Å². The number of hydrogen-bond donors (Lipinski definition) is 3. The van der Waals surface area contributed by atoms with Gasteiger partial charge in [0.2, 0.25) is 0 Å². The Bertz CT molecular complexity index is 192. The minimum atomic E-state index is -1.50. The highest BCUT2D eigenvalue weighted by atomic mass is 16.5. The Morgan fingerprint density at radius 2 is 1.93 bits per heavy atom. The summed E-state index contributed by atoms with van der Waals surface area (Å²) in [6.45, 7) is 0.743. The van der Waals surface area contributed by atoms with Crippen molar-refractivity contribution in [3.05, 3.63) is 0 Å². The summed E-state index contributed by atoms with van der Waals surface area (Å²) in [5, 5.41) is 27.4. The van der Waals surface area contributed by atoms with Gasteiger partial charge in [0.1, 0.15) is 25.1 Å². The van der Waals surface area contributed by atoms with Crippen LogP contribution in [-0.4, -0.2) is 52.5 Å². The van der Waals surface area contributed by atoms with Gasteiger partial charge in [-0.25, -0.2) is 0 Å². The van der Waals surface area contributed by atoms with Crippen molar-refractivity contribution in [2.45, 2.75) is 31.7 Å². The molecule has 0 spiro atoms. The first-order valence-corrected chi connectivity index (χ1v) is 4.10. The molecule has 0 amide bonds. The van der Waals surface area contributed by atoms with E-state index in [2.05, 4.69) is 4.74 Å². The molecular formula is C8H14O6. The van der Waals surface area contributed by atoms with Crippen molar-refractivity contribution in [1.29, 1.82) is 0 Å². The lowest BCUT2D eigenvalue weighted by molar-refractivity contribution is -0.149. The number of aliphatic hydroxyl groups excluding tert-OH is 3. The summed E-state index contributed by atoms with van der Waals surface area (Å²) in [6.07, 6.45) is -4.10. The Hall–Kier alpha value is -0.980. The second-order valence-corrected chi connectivity index (χ2v) is 2.83. The van der Waals surface area contributed by atoms with Crippen LogP contribution in [-0.2, 0) is 14.3 Å². The molecule has 82 valence electrons. The number of esters is 1. The molecular weight excluding hydrogens is 192 g/mol. The van der Waals surface area contributed by atoms with Crippen molar-refractivity contribution < 1.29 is 29.6 Å². The second-order valence-electron chi connectivity index (χ2n) is 2.83. The first kappa shape index (κ1) is 13.0. The van der Waals surface area contributed by atoms with Crippen LogP contribution >= 0.6 is 0 Å². The van der Waals surface area contributed by atoms with Crippen LogP contribution in [0, 0.1) is 0 Å². The molecule has 0 fully saturated rings. The van der Waals surface area contributed by atoms with Gasteiger partial charge in [0.25, 0.3) is 0 Å².